The molecule has 21 heavy (non-hydrogen) atoms. The molecular weight excluding hydrogens is 285 g/mol. The van der Waals surface area contributed by atoms with Gasteiger partial charge in [0, 0.05) is 57.2 Å². The molecule has 8 heteroatoms. The third-order valence-corrected chi connectivity index (χ3v) is 3.53. The Morgan fingerprint density at radius 3 is 2.29 bits per heavy atom. The highest BCUT2D eigenvalue weighted by Crippen LogP contribution is 2.17. The lowest BCUT2D eigenvalue weighted by Crippen LogP contribution is -2.49. The molecule has 0 atom stereocenters. The van der Waals surface area contributed by atoms with Crippen LogP contribution in [0.1, 0.15) is 0 Å². The van der Waals surface area contributed by atoms with E-state index >= 15 is 0 Å². The SMILES string of the molecule is Nc1ccc(=O)n(CCN2CCN(CC(F)(F)F)CC2)c1. The van der Waals surface area contributed by atoms with Gasteiger partial charge in [-0.25, -0.2) is 0 Å². The van der Waals surface area contributed by atoms with Crippen LogP contribution >= 0.6 is 0 Å². The summed E-state index contributed by atoms with van der Waals surface area (Å²) in [7, 11) is 0. The molecule has 0 bridgehead atoms. The van der Waals surface area contributed by atoms with Gasteiger partial charge in [-0.3, -0.25) is 14.6 Å². The molecule has 5 nitrogen and oxygen atoms in total. The fourth-order valence-electron chi connectivity index (χ4n) is 2.40. The first-order chi connectivity index (χ1) is 9.83. The summed E-state index contributed by atoms with van der Waals surface area (Å²) in [5.41, 5.74) is 6.02. The molecule has 2 heterocycles. The number of rotatable bonds is 4. The van der Waals surface area contributed by atoms with E-state index in [1.54, 1.807) is 12.3 Å². The van der Waals surface area contributed by atoms with Gasteiger partial charge in [-0.1, -0.05) is 0 Å². The van der Waals surface area contributed by atoms with Crippen LogP contribution in [0.2, 0.25) is 0 Å². The van der Waals surface area contributed by atoms with Gasteiger partial charge in [0.1, 0.15) is 0 Å². The van der Waals surface area contributed by atoms with Crippen molar-refractivity contribution < 1.29 is 13.2 Å². The highest BCUT2D eigenvalue weighted by Gasteiger charge is 2.31. The molecule has 0 aromatic carbocycles. The topological polar surface area (TPSA) is 54.5 Å². The van der Waals surface area contributed by atoms with Crippen LogP contribution in [-0.2, 0) is 6.54 Å². The number of nitrogen functional groups attached to an aromatic ring is 1. The van der Waals surface area contributed by atoms with Crippen molar-refractivity contribution in [1.82, 2.24) is 14.4 Å². The van der Waals surface area contributed by atoms with E-state index in [4.69, 9.17) is 5.73 Å². The first kappa shape index (κ1) is 15.8. The van der Waals surface area contributed by atoms with Gasteiger partial charge >= 0.3 is 6.18 Å². The summed E-state index contributed by atoms with van der Waals surface area (Å²) in [6, 6.07) is 2.96. The molecule has 2 rings (SSSR count). The molecule has 0 radical (unpaired) electrons. The molecular formula is C13H19F3N4O. The van der Waals surface area contributed by atoms with E-state index in [0.29, 0.717) is 45.0 Å². The van der Waals surface area contributed by atoms with Gasteiger partial charge in [-0.15, -0.1) is 0 Å². The summed E-state index contributed by atoms with van der Waals surface area (Å²) >= 11 is 0. The van der Waals surface area contributed by atoms with Gasteiger partial charge in [-0.2, -0.15) is 13.2 Å². The zero-order valence-corrected chi connectivity index (χ0v) is 11.6. The van der Waals surface area contributed by atoms with Crippen molar-refractivity contribution in [2.75, 3.05) is 45.0 Å². The second-order valence-electron chi connectivity index (χ2n) is 5.23. The Hall–Kier alpha value is -1.54. The Morgan fingerprint density at radius 1 is 1.05 bits per heavy atom. The molecule has 0 aliphatic carbocycles. The molecule has 0 spiro atoms. The van der Waals surface area contributed by atoms with E-state index in [9.17, 15) is 18.0 Å². The van der Waals surface area contributed by atoms with Crippen LogP contribution < -0.4 is 11.3 Å². The van der Waals surface area contributed by atoms with E-state index < -0.39 is 12.7 Å². The second kappa shape index (κ2) is 6.48. The van der Waals surface area contributed by atoms with Gasteiger partial charge in [0.05, 0.1) is 6.54 Å². The van der Waals surface area contributed by atoms with Crippen molar-refractivity contribution in [2.45, 2.75) is 12.7 Å². The van der Waals surface area contributed by atoms with E-state index in [1.165, 1.54) is 15.5 Å². The van der Waals surface area contributed by atoms with Crippen molar-refractivity contribution in [3.63, 3.8) is 0 Å². The van der Waals surface area contributed by atoms with Crippen molar-refractivity contribution in [3.05, 3.63) is 28.7 Å². The number of aromatic nitrogens is 1. The Bertz CT molecular complexity index is 521. The summed E-state index contributed by atoms with van der Waals surface area (Å²) in [5.74, 6) is 0. The van der Waals surface area contributed by atoms with Crippen molar-refractivity contribution in [1.29, 1.82) is 0 Å². The Kier molecular flexibility index (Phi) is 4.89. The fourth-order valence-corrected chi connectivity index (χ4v) is 2.40. The zero-order valence-electron chi connectivity index (χ0n) is 11.6. The summed E-state index contributed by atoms with van der Waals surface area (Å²) < 4.78 is 38.4. The van der Waals surface area contributed by atoms with Crippen LogP contribution in [0.25, 0.3) is 0 Å². The molecule has 1 aliphatic heterocycles. The molecule has 1 fully saturated rings. The lowest BCUT2D eigenvalue weighted by atomic mass is 10.3. The number of alkyl halides is 3. The molecule has 1 aliphatic rings. The molecule has 0 amide bonds. The van der Waals surface area contributed by atoms with Crippen molar-refractivity contribution in [2.24, 2.45) is 0 Å². The minimum Gasteiger partial charge on any atom is -0.398 e. The Morgan fingerprint density at radius 2 is 1.67 bits per heavy atom. The third-order valence-electron chi connectivity index (χ3n) is 3.53. The maximum absolute atomic E-state index is 12.3. The average molecular weight is 304 g/mol. The van der Waals surface area contributed by atoms with Gasteiger partial charge in [0.15, 0.2) is 0 Å². The summed E-state index contributed by atoms with van der Waals surface area (Å²) in [4.78, 5) is 15.1. The molecule has 0 saturated carbocycles. The first-order valence-corrected chi connectivity index (χ1v) is 6.81. The Balaban J connectivity index is 1.79. The zero-order chi connectivity index (χ0) is 15.5. The molecule has 1 saturated heterocycles. The van der Waals surface area contributed by atoms with E-state index in [2.05, 4.69) is 4.90 Å². The van der Waals surface area contributed by atoms with Gasteiger partial charge in [-0.05, 0) is 6.07 Å². The van der Waals surface area contributed by atoms with E-state index in [0.717, 1.165) is 0 Å². The monoisotopic (exact) mass is 304 g/mol. The van der Waals surface area contributed by atoms with Crippen LogP contribution in [0.4, 0.5) is 18.9 Å². The highest BCUT2D eigenvalue weighted by atomic mass is 19.4. The standard InChI is InChI=1S/C13H19F3N4O/c14-13(15,16)10-19-5-3-18(4-6-19)7-8-20-9-11(17)1-2-12(20)21/h1-2,9H,3-8,10,17H2. The number of nitrogens with two attached hydrogens (primary N) is 1. The molecule has 1 aromatic heterocycles. The smallest absolute Gasteiger partial charge is 0.398 e. The molecule has 118 valence electrons. The number of halogens is 3. The molecule has 0 unspecified atom stereocenters. The third kappa shape index (κ3) is 5.05. The fraction of sp³-hybridized carbons (Fsp3) is 0.615. The van der Waals surface area contributed by atoms with E-state index in [1.807, 2.05) is 0 Å². The van der Waals surface area contributed by atoms with Crippen LogP contribution in [-0.4, -0.2) is 59.8 Å². The maximum atomic E-state index is 12.3. The quantitative estimate of drug-likeness (QED) is 0.885. The lowest BCUT2D eigenvalue weighted by molar-refractivity contribution is -0.149. The van der Waals surface area contributed by atoms with Gasteiger partial charge in [0.2, 0.25) is 0 Å². The summed E-state index contributed by atoms with van der Waals surface area (Å²) in [5, 5.41) is 0. The van der Waals surface area contributed by atoms with Gasteiger partial charge in [0.25, 0.3) is 5.56 Å². The Labute approximate surface area is 120 Å². The second-order valence-corrected chi connectivity index (χ2v) is 5.23. The predicted octanol–water partition coefficient (Wildman–Crippen LogP) is 0.610. The average Bonchev–Trinajstić information content (AvgIpc) is 2.40. The van der Waals surface area contributed by atoms with Crippen molar-refractivity contribution >= 4 is 5.69 Å². The van der Waals surface area contributed by atoms with Crippen LogP contribution in [0.5, 0.6) is 0 Å². The minimum absolute atomic E-state index is 0.125. The number of hydrogen-bond donors (Lipinski definition) is 1. The first-order valence-electron chi connectivity index (χ1n) is 6.81. The summed E-state index contributed by atoms with van der Waals surface area (Å²) in [6.07, 6.45) is -2.56. The van der Waals surface area contributed by atoms with E-state index in [-0.39, 0.29) is 5.56 Å². The number of piperazine rings is 1. The largest absolute Gasteiger partial charge is 0.401 e. The number of pyridine rings is 1. The number of anilines is 1. The van der Waals surface area contributed by atoms with Gasteiger partial charge < -0.3 is 10.3 Å². The highest BCUT2D eigenvalue weighted by molar-refractivity contribution is 5.33. The minimum atomic E-state index is -4.14. The predicted molar refractivity (Wildman–Crippen MR) is 74.0 cm³/mol. The molecule has 2 N–H and O–H groups in total. The van der Waals surface area contributed by atoms with Crippen LogP contribution in [0.15, 0.2) is 23.1 Å². The maximum Gasteiger partial charge on any atom is 0.401 e. The number of hydrogen-bond acceptors (Lipinski definition) is 4. The number of nitrogens with zero attached hydrogens (tertiary/aromatic N) is 3. The summed E-state index contributed by atoms with van der Waals surface area (Å²) in [6.45, 7) is 2.21. The normalized spacial score (nSPS) is 18.0. The lowest BCUT2D eigenvalue weighted by Gasteiger charge is -2.35. The van der Waals surface area contributed by atoms with Crippen molar-refractivity contribution in [3.8, 4) is 0 Å². The van der Waals surface area contributed by atoms with Crippen LogP contribution in [0.3, 0.4) is 0 Å². The van der Waals surface area contributed by atoms with Crippen LogP contribution in [0, 0.1) is 0 Å². The molecule has 1 aromatic rings.